The number of rotatable bonds is 7. The standard InChI is InChI=1S/C13H20N2O5/c16-4-3-10(13(19)20)14-12(18)9-5-11(17)15(7-9)6-8-1-2-8/h8-10,16H,1-7H2,(H,14,18)(H,19,20)/t9?,10-/m1/s1. The number of amides is 2. The molecule has 1 unspecified atom stereocenters. The zero-order valence-electron chi connectivity index (χ0n) is 11.2. The molecule has 0 spiro atoms. The first-order chi connectivity index (χ1) is 9.51. The maximum atomic E-state index is 12.0. The zero-order chi connectivity index (χ0) is 14.7. The van der Waals surface area contributed by atoms with E-state index in [9.17, 15) is 14.4 Å². The van der Waals surface area contributed by atoms with Crippen LogP contribution in [0.5, 0.6) is 0 Å². The van der Waals surface area contributed by atoms with Gasteiger partial charge in [-0.2, -0.15) is 0 Å². The van der Waals surface area contributed by atoms with Crippen molar-refractivity contribution in [2.45, 2.75) is 31.7 Å². The van der Waals surface area contributed by atoms with Crippen LogP contribution < -0.4 is 5.32 Å². The lowest BCUT2D eigenvalue weighted by Gasteiger charge is -2.18. The lowest BCUT2D eigenvalue weighted by atomic mass is 10.1. The van der Waals surface area contributed by atoms with Gasteiger partial charge in [-0.1, -0.05) is 0 Å². The number of hydrogen-bond acceptors (Lipinski definition) is 4. The van der Waals surface area contributed by atoms with Crippen LogP contribution in [0.1, 0.15) is 25.7 Å². The lowest BCUT2D eigenvalue weighted by molar-refractivity contribution is -0.142. The molecule has 1 aliphatic carbocycles. The molecule has 2 atom stereocenters. The van der Waals surface area contributed by atoms with Crippen LogP contribution in [0, 0.1) is 11.8 Å². The predicted molar refractivity (Wildman–Crippen MR) is 68.7 cm³/mol. The van der Waals surface area contributed by atoms with Gasteiger partial charge in [0.15, 0.2) is 0 Å². The SMILES string of the molecule is O=C(N[C@H](CCO)C(=O)O)C1CC(=O)N(CC2CC2)C1. The fraction of sp³-hybridized carbons (Fsp3) is 0.769. The van der Waals surface area contributed by atoms with Gasteiger partial charge in [0.1, 0.15) is 6.04 Å². The van der Waals surface area contributed by atoms with Crippen LogP contribution in [-0.2, 0) is 14.4 Å². The highest BCUT2D eigenvalue weighted by Gasteiger charge is 2.38. The maximum absolute atomic E-state index is 12.0. The second kappa shape index (κ2) is 6.21. The summed E-state index contributed by atoms with van der Waals surface area (Å²) in [5, 5.41) is 20.1. The van der Waals surface area contributed by atoms with Gasteiger partial charge in [0, 0.05) is 32.5 Å². The highest BCUT2D eigenvalue weighted by Crippen LogP contribution is 2.32. The Morgan fingerprint density at radius 3 is 2.65 bits per heavy atom. The molecule has 0 bridgehead atoms. The van der Waals surface area contributed by atoms with Gasteiger partial charge in [-0.25, -0.2) is 4.79 Å². The first-order valence-corrected chi connectivity index (χ1v) is 6.93. The molecule has 7 nitrogen and oxygen atoms in total. The van der Waals surface area contributed by atoms with E-state index in [4.69, 9.17) is 10.2 Å². The third-order valence-electron chi connectivity index (χ3n) is 3.79. The van der Waals surface area contributed by atoms with E-state index in [1.165, 1.54) is 0 Å². The molecule has 0 aromatic rings. The molecule has 2 rings (SSSR count). The zero-order valence-corrected chi connectivity index (χ0v) is 11.2. The van der Waals surface area contributed by atoms with Gasteiger partial charge in [0.25, 0.3) is 0 Å². The van der Waals surface area contributed by atoms with Crippen molar-refractivity contribution >= 4 is 17.8 Å². The van der Waals surface area contributed by atoms with E-state index in [0.29, 0.717) is 19.0 Å². The molecular formula is C13H20N2O5. The molecule has 2 fully saturated rings. The van der Waals surface area contributed by atoms with Crippen LogP contribution >= 0.6 is 0 Å². The number of carboxylic acids is 1. The first kappa shape index (κ1) is 14.8. The van der Waals surface area contributed by atoms with Gasteiger partial charge in [0.2, 0.25) is 11.8 Å². The molecule has 1 saturated carbocycles. The molecule has 20 heavy (non-hydrogen) atoms. The van der Waals surface area contributed by atoms with Crippen LogP contribution in [0.15, 0.2) is 0 Å². The second-order valence-corrected chi connectivity index (χ2v) is 5.55. The number of carbonyl (C=O) groups excluding carboxylic acids is 2. The number of aliphatic carboxylic acids is 1. The van der Waals surface area contributed by atoms with Crippen LogP contribution in [0.3, 0.4) is 0 Å². The van der Waals surface area contributed by atoms with Crippen molar-refractivity contribution in [2.75, 3.05) is 19.7 Å². The van der Waals surface area contributed by atoms with Gasteiger partial charge < -0.3 is 20.4 Å². The number of likely N-dealkylation sites (tertiary alicyclic amines) is 1. The summed E-state index contributed by atoms with van der Waals surface area (Å²) >= 11 is 0. The van der Waals surface area contributed by atoms with Gasteiger partial charge in [0.05, 0.1) is 5.92 Å². The summed E-state index contributed by atoms with van der Waals surface area (Å²) in [4.78, 5) is 36.4. The van der Waals surface area contributed by atoms with E-state index >= 15 is 0 Å². The summed E-state index contributed by atoms with van der Waals surface area (Å²) in [6, 6.07) is -1.10. The van der Waals surface area contributed by atoms with Crippen molar-refractivity contribution in [3.63, 3.8) is 0 Å². The number of aliphatic hydroxyl groups is 1. The normalized spacial score (nSPS) is 23.8. The van der Waals surface area contributed by atoms with Gasteiger partial charge in [-0.05, 0) is 18.8 Å². The van der Waals surface area contributed by atoms with Crippen molar-refractivity contribution < 1.29 is 24.6 Å². The summed E-state index contributed by atoms with van der Waals surface area (Å²) in [6.45, 7) is 0.767. The smallest absolute Gasteiger partial charge is 0.326 e. The fourth-order valence-corrected chi connectivity index (χ4v) is 2.41. The Balaban J connectivity index is 1.85. The molecular weight excluding hydrogens is 264 g/mol. The van der Waals surface area contributed by atoms with E-state index in [1.54, 1.807) is 4.90 Å². The number of carboxylic acid groups (broad SMARTS) is 1. The average Bonchev–Trinajstić information content (AvgIpc) is 3.12. The van der Waals surface area contributed by atoms with E-state index in [-0.39, 0.29) is 25.4 Å². The van der Waals surface area contributed by atoms with E-state index in [0.717, 1.165) is 12.8 Å². The average molecular weight is 284 g/mol. The Kier molecular flexibility index (Phi) is 4.59. The lowest BCUT2D eigenvalue weighted by Crippen LogP contribution is -2.44. The van der Waals surface area contributed by atoms with Crippen LogP contribution in [-0.4, -0.2) is 58.6 Å². The molecule has 2 amide bonds. The molecule has 0 aromatic carbocycles. The summed E-state index contributed by atoms with van der Waals surface area (Å²) < 4.78 is 0. The monoisotopic (exact) mass is 284 g/mol. The number of carbonyl (C=O) groups is 3. The molecule has 1 aliphatic heterocycles. The minimum atomic E-state index is -1.17. The second-order valence-electron chi connectivity index (χ2n) is 5.55. The Hall–Kier alpha value is -1.63. The van der Waals surface area contributed by atoms with Crippen LogP contribution in [0.25, 0.3) is 0 Å². The Morgan fingerprint density at radius 2 is 2.10 bits per heavy atom. The highest BCUT2D eigenvalue weighted by molar-refractivity contribution is 5.91. The van der Waals surface area contributed by atoms with Crippen molar-refractivity contribution in [1.29, 1.82) is 0 Å². The van der Waals surface area contributed by atoms with Crippen LogP contribution in [0.2, 0.25) is 0 Å². The molecule has 2 aliphatic rings. The highest BCUT2D eigenvalue weighted by atomic mass is 16.4. The molecule has 1 saturated heterocycles. The molecule has 1 heterocycles. The van der Waals surface area contributed by atoms with Crippen LogP contribution in [0.4, 0.5) is 0 Å². The molecule has 0 aromatic heterocycles. The minimum Gasteiger partial charge on any atom is -0.480 e. The fourth-order valence-electron chi connectivity index (χ4n) is 2.41. The third kappa shape index (κ3) is 3.69. The number of hydrogen-bond donors (Lipinski definition) is 3. The summed E-state index contributed by atoms with van der Waals surface area (Å²) in [6.07, 6.45) is 2.38. The molecule has 7 heteroatoms. The first-order valence-electron chi connectivity index (χ1n) is 6.93. The van der Waals surface area contributed by atoms with Crippen molar-refractivity contribution in [1.82, 2.24) is 10.2 Å². The molecule has 0 radical (unpaired) electrons. The van der Waals surface area contributed by atoms with Crippen molar-refractivity contribution in [2.24, 2.45) is 11.8 Å². The maximum Gasteiger partial charge on any atom is 0.326 e. The minimum absolute atomic E-state index is 0.0342. The summed E-state index contributed by atoms with van der Waals surface area (Å²) in [5.41, 5.74) is 0. The van der Waals surface area contributed by atoms with E-state index in [2.05, 4.69) is 5.32 Å². The molecule has 112 valence electrons. The third-order valence-corrected chi connectivity index (χ3v) is 3.79. The predicted octanol–water partition coefficient (Wildman–Crippen LogP) is -0.803. The van der Waals surface area contributed by atoms with Gasteiger partial charge in [-0.3, -0.25) is 9.59 Å². The summed E-state index contributed by atoms with van der Waals surface area (Å²) in [5.74, 6) is -1.54. The van der Waals surface area contributed by atoms with Crippen molar-refractivity contribution in [3.05, 3.63) is 0 Å². The van der Waals surface area contributed by atoms with Gasteiger partial charge >= 0.3 is 5.97 Å². The topological polar surface area (TPSA) is 107 Å². The summed E-state index contributed by atoms with van der Waals surface area (Å²) in [7, 11) is 0. The quantitative estimate of drug-likeness (QED) is 0.567. The Bertz CT molecular complexity index is 408. The van der Waals surface area contributed by atoms with Gasteiger partial charge in [-0.15, -0.1) is 0 Å². The Labute approximate surface area is 116 Å². The van der Waals surface area contributed by atoms with E-state index in [1.807, 2.05) is 0 Å². The van der Waals surface area contributed by atoms with Crippen molar-refractivity contribution in [3.8, 4) is 0 Å². The molecule has 3 N–H and O–H groups in total. The van der Waals surface area contributed by atoms with E-state index < -0.39 is 23.8 Å². The Morgan fingerprint density at radius 1 is 1.40 bits per heavy atom. The number of aliphatic hydroxyl groups excluding tert-OH is 1. The number of nitrogens with one attached hydrogen (secondary N) is 1. The largest absolute Gasteiger partial charge is 0.480 e. The number of nitrogens with zero attached hydrogens (tertiary/aromatic N) is 1.